The number of nitrogens with zero attached hydrogens (tertiary/aromatic N) is 5. The highest BCUT2D eigenvalue weighted by atomic mass is 35.5. The van der Waals surface area contributed by atoms with Gasteiger partial charge in [0.1, 0.15) is 0 Å². The van der Waals surface area contributed by atoms with Crippen LogP contribution < -0.4 is 5.43 Å². The fourth-order valence-corrected chi connectivity index (χ4v) is 4.09. The van der Waals surface area contributed by atoms with Gasteiger partial charge in [0.05, 0.1) is 11.4 Å². The van der Waals surface area contributed by atoms with Gasteiger partial charge >= 0.3 is 0 Å². The predicted octanol–water partition coefficient (Wildman–Crippen LogP) is 4.09. The SMILES string of the molecule is Cc1cc(C(=O)CSc2nnnn2-c2ccc(Cl)cc2)c(C)n1NC(=O)c1ccccc1. The van der Waals surface area contributed by atoms with Crippen molar-refractivity contribution in [3.8, 4) is 5.69 Å². The lowest BCUT2D eigenvalue weighted by Crippen LogP contribution is -2.25. The van der Waals surface area contributed by atoms with E-state index in [1.165, 1.54) is 11.8 Å². The number of amides is 1. The Morgan fingerprint density at radius 3 is 2.50 bits per heavy atom. The number of hydrogen-bond donors (Lipinski definition) is 1. The van der Waals surface area contributed by atoms with Gasteiger partial charge in [0.15, 0.2) is 5.78 Å². The summed E-state index contributed by atoms with van der Waals surface area (Å²) in [7, 11) is 0. The first-order chi connectivity index (χ1) is 15.4. The Hall–Kier alpha value is -3.43. The third-order valence-corrected chi connectivity index (χ3v) is 6.00. The molecule has 0 saturated carbocycles. The Kier molecular flexibility index (Phi) is 6.38. The standard InChI is InChI=1S/C22H19ClN6O2S/c1-14-12-19(15(2)28(14)25-21(31)16-6-4-3-5-7-16)20(30)13-32-22-24-26-27-29(22)18-10-8-17(23)9-11-18/h3-12H,13H2,1-2H3,(H,25,31). The number of hydrogen-bond acceptors (Lipinski definition) is 6. The number of tetrazole rings is 1. The summed E-state index contributed by atoms with van der Waals surface area (Å²) in [6.07, 6.45) is 0. The molecule has 0 radical (unpaired) electrons. The minimum atomic E-state index is -0.247. The number of thioether (sulfide) groups is 1. The molecule has 0 unspecified atom stereocenters. The van der Waals surface area contributed by atoms with E-state index >= 15 is 0 Å². The molecule has 162 valence electrons. The molecule has 2 aromatic carbocycles. The molecule has 32 heavy (non-hydrogen) atoms. The first-order valence-electron chi connectivity index (χ1n) is 9.69. The van der Waals surface area contributed by atoms with Crippen molar-refractivity contribution in [3.63, 3.8) is 0 Å². The number of aryl methyl sites for hydroxylation is 1. The van der Waals surface area contributed by atoms with E-state index < -0.39 is 0 Å². The van der Waals surface area contributed by atoms with Crippen molar-refractivity contribution in [1.82, 2.24) is 24.9 Å². The number of ketones is 1. The summed E-state index contributed by atoms with van der Waals surface area (Å²) in [5.41, 5.74) is 6.09. The molecule has 4 aromatic rings. The van der Waals surface area contributed by atoms with Gasteiger partial charge in [-0.25, -0.2) is 0 Å². The van der Waals surface area contributed by atoms with Gasteiger partial charge in [-0.1, -0.05) is 41.6 Å². The van der Waals surface area contributed by atoms with Crippen molar-refractivity contribution in [2.24, 2.45) is 0 Å². The molecular formula is C22H19ClN6O2S. The smallest absolute Gasteiger partial charge is 0.270 e. The molecule has 0 spiro atoms. The molecule has 0 aliphatic heterocycles. The monoisotopic (exact) mass is 466 g/mol. The molecule has 0 bridgehead atoms. The topological polar surface area (TPSA) is 94.7 Å². The minimum Gasteiger partial charge on any atom is -0.293 e. The van der Waals surface area contributed by atoms with E-state index in [2.05, 4.69) is 21.0 Å². The maximum Gasteiger partial charge on any atom is 0.270 e. The van der Waals surface area contributed by atoms with Gasteiger partial charge in [-0.3, -0.25) is 19.7 Å². The highest BCUT2D eigenvalue weighted by Gasteiger charge is 2.19. The summed E-state index contributed by atoms with van der Waals surface area (Å²) in [5.74, 6) is -0.192. The average molecular weight is 467 g/mol. The van der Waals surface area contributed by atoms with E-state index in [1.54, 1.807) is 70.9 Å². The summed E-state index contributed by atoms with van der Waals surface area (Å²) in [5, 5.41) is 12.8. The van der Waals surface area contributed by atoms with Crippen LogP contribution in [0.5, 0.6) is 0 Å². The van der Waals surface area contributed by atoms with Crippen LogP contribution in [0.3, 0.4) is 0 Å². The fraction of sp³-hybridized carbons (Fsp3) is 0.136. The Morgan fingerprint density at radius 1 is 1.06 bits per heavy atom. The third kappa shape index (κ3) is 4.58. The average Bonchev–Trinajstić information content (AvgIpc) is 3.38. The second-order valence-electron chi connectivity index (χ2n) is 6.99. The van der Waals surface area contributed by atoms with Crippen LogP contribution in [-0.2, 0) is 0 Å². The van der Waals surface area contributed by atoms with Gasteiger partial charge in [0, 0.05) is 27.5 Å². The fourth-order valence-electron chi connectivity index (χ4n) is 3.19. The van der Waals surface area contributed by atoms with Crippen LogP contribution in [0.25, 0.3) is 5.69 Å². The molecule has 0 atom stereocenters. The van der Waals surface area contributed by atoms with E-state index in [0.717, 1.165) is 11.4 Å². The molecule has 0 fully saturated rings. The maximum atomic E-state index is 12.9. The summed E-state index contributed by atoms with van der Waals surface area (Å²) >= 11 is 7.18. The molecule has 1 amide bonds. The number of halogens is 1. The quantitative estimate of drug-likeness (QED) is 0.325. The molecule has 4 rings (SSSR count). The van der Waals surface area contributed by atoms with Crippen LogP contribution in [0.15, 0.2) is 65.8 Å². The lowest BCUT2D eigenvalue weighted by molar-refractivity contribution is 0.0999. The molecular weight excluding hydrogens is 448 g/mol. The molecule has 2 heterocycles. The predicted molar refractivity (Wildman–Crippen MR) is 123 cm³/mol. The second-order valence-corrected chi connectivity index (χ2v) is 8.37. The van der Waals surface area contributed by atoms with Crippen molar-refractivity contribution in [2.45, 2.75) is 19.0 Å². The number of benzene rings is 2. The third-order valence-electron chi connectivity index (χ3n) is 4.83. The van der Waals surface area contributed by atoms with Gasteiger partial charge in [0.2, 0.25) is 5.16 Å². The molecule has 10 heteroatoms. The summed E-state index contributed by atoms with van der Waals surface area (Å²) in [6, 6.07) is 17.8. The molecule has 8 nitrogen and oxygen atoms in total. The Balaban J connectivity index is 1.47. The summed E-state index contributed by atoms with van der Waals surface area (Å²) < 4.78 is 3.18. The van der Waals surface area contributed by atoms with Crippen LogP contribution in [0.2, 0.25) is 5.02 Å². The Bertz CT molecular complexity index is 1270. The zero-order valence-corrected chi connectivity index (χ0v) is 18.9. The summed E-state index contributed by atoms with van der Waals surface area (Å²) in [4.78, 5) is 25.5. The van der Waals surface area contributed by atoms with Crippen LogP contribution in [-0.4, -0.2) is 42.3 Å². The van der Waals surface area contributed by atoms with Crippen LogP contribution in [0.1, 0.15) is 32.1 Å². The first kappa shape index (κ1) is 21.8. The van der Waals surface area contributed by atoms with E-state index in [4.69, 9.17) is 11.6 Å². The van der Waals surface area contributed by atoms with Gasteiger partial charge in [-0.2, -0.15) is 4.68 Å². The number of carbonyl (C=O) groups excluding carboxylic acids is 2. The number of rotatable bonds is 7. The van der Waals surface area contributed by atoms with E-state index in [1.807, 2.05) is 13.0 Å². The molecule has 2 aromatic heterocycles. The number of nitrogens with one attached hydrogen (secondary N) is 1. The van der Waals surface area contributed by atoms with Gasteiger partial charge in [-0.15, -0.1) is 5.10 Å². The Labute approximate surface area is 193 Å². The largest absolute Gasteiger partial charge is 0.293 e. The molecule has 0 aliphatic carbocycles. The lowest BCUT2D eigenvalue weighted by Gasteiger charge is -2.11. The van der Waals surface area contributed by atoms with Crippen molar-refractivity contribution in [1.29, 1.82) is 0 Å². The number of Topliss-reactive ketones (excluding diaryl/α,β-unsaturated/α-hetero) is 1. The van der Waals surface area contributed by atoms with Gasteiger partial charge < -0.3 is 0 Å². The molecule has 1 N–H and O–H groups in total. The maximum absolute atomic E-state index is 12.9. The van der Waals surface area contributed by atoms with Gasteiger partial charge in [0.25, 0.3) is 5.91 Å². The lowest BCUT2D eigenvalue weighted by atomic mass is 10.2. The van der Waals surface area contributed by atoms with E-state index in [9.17, 15) is 9.59 Å². The van der Waals surface area contributed by atoms with E-state index in [-0.39, 0.29) is 17.4 Å². The normalized spacial score (nSPS) is 10.8. The van der Waals surface area contributed by atoms with Gasteiger partial charge in [-0.05, 0) is 66.7 Å². The minimum absolute atomic E-state index is 0.0889. The second kappa shape index (κ2) is 9.37. The molecule has 0 saturated heterocycles. The van der Waals surface area contributed by atoms with Crippen molar-refractivity contribution >= 4 is 35.1 Å². The zero-order valence-electron chi connectivity index (χ0n) is 17.3. The highest BCUT2D eigenvalue weighted by Crippen LogP contribution is 2.22. The van der Waals surface area contributed by atoms with Crippen LogP contribution >= 0.6 is 23.4 Å². The summed E-state index contributed by atoms with van der Waals surface area (Å²) in [6.45, 7) is 3.64. The highest BCUT2D eigenvalue weighted by molar-refractivity contribution is 7.99. The molecule has 0 aliphatic rings. The van der Waals surface area contributed by atoms with Crippen LogP contribution in [0, 0.1) is 13.8 Å². The van der Waals surface area contributed by atoms with Crippen molar-refractivity contribution < 1.29 is 9.59 Å². The number of carbonyl (C=O) groups is 2. The van der Waals surface area contributed by atoms with Crippen LogP contribution in [0.4, 0.5) is 0 Å². The van der Waals surface area contributed by atoms with Crippen molar-refractivity contribution in [3.05, 3.63) is 88.2 Å². The number of aromatic nitrogens is 5. The first-order valence-corrected chi connectivity index (χ1v) is 11.1. The van der Waals surface area contributed by atoms with Crippen molar-refractivity contribution in [2.75, 3.05) is 11.2 Å². The Morgan fingerprint density at radius 2 is 1.78 bits per heavy atom. The van der Waals surface area contributed by atoms with E-state index in [0.29, 0.717) is 27.0 Å². The zero-order chi connectivity index (χ0) is 22.7.